The number of ketones is 1. The van der Waals surface area contributed by atoms with E-state index in [1.54, 1.807) is 24.3 Å². The quantitative estimate of drug-likeness (QED) is 0.676. The van der Waals surface area contributed by atoms with Crippen LogP contribution in [0, 0.1) is 5.82 Å². The Morgan fingerprint density at radius 2 is 1.89 bits per heavy atom. The maximum Gasteiger partial charge on any atom is 0.168 e. The van der Waals surface area contributed by atoms with Crippen LogP contribution in [0.15, 0.2) is 40.9 Å². The molecule has 2 rings (SSSR count). The number of hydrogen-bond acceptors (Lipinski definition) is 1. The van der Waals surface area contributed by atoms with E-state index in [4.69, 9.17) is 23.2 Å². The Bertz CT molecular complexity index is 643. The fourth-order valence-electron chi connectivity index (χ4n) is 1.65. The van der Waals surface area contributed by atoms with Crippen LogP contribution in [0.2, 0.25) is 10.0 Å². The molecule has 0 fully saturated rings. The molecule has 0 aliphatic carbocycles. The van der Waals surface area contributed by atoms with Crippen molar-refractivity contribution in [2.45, 2.75) is 6.42 Å². The van der Waals surface area contributed by atoms with E-state index >= 15 is 0 Å². The fraction of sp³-hybridized carbons (Fsp3) is 0.0714. The highest BCUT2D eigenvalue weighted by atomic mass is 79.9. The molecule has 2 aromatic rings. The second-order valence-electron chi connectivity index (χ2n) is 3.96. The van der Waals surface area contributed by atoms with Gasteiger partial charge in [-0.15, -0.1) is 0 Å². The molecule has 0 atom stereocenters. The van der Waals surface area contributed by atoms with E-state index in [9.17, 15) is 9.18 Å². The maximum atomic E-state index is 13.6. The average molecular weight is 362 g/mol. The van der Waals surface area contributed by atoms with Gasteiger partial charge in [-0.1, -0.05) is 45.2 Å². The first kappa shape index (κ1) is 14.5. The van der Waals surface area contributed by atoms with Gasteiger partial charge in [0.2, 0.25) is 0 Å². The Hall–Kier alpha value is -0.900. The van der Waals surface area contributed by atoms with Crippen LogP contribution in [-0.2, 0) is 6.42 Å². The van der Waals surface area contributed by atoms with Crippen molar-refractivity contribution in [2.75, 3.05) is 0 Å². The summed E-state index contributed by atoms with van der Waals surface area (Å²) in [6.07, 6.45) is -0.0512. The van der Waals surface area contributed by atoms with Crippen molar-refractivity contribution in [3.8, 4) is 0 Å². The minimum Gasteiger partial charge on any atom is -0.294 e. The van der Waals surface area contributed by atoms with Crippen LogP contribution in [0.25, 0.3) is 0 Å². The Morgan fingerprint density at radius 1 is 1.16 bits per heavy atom. The lowest BCUT2D eigenvalue weighted by atomic mass is 10.0. The van der Waals surface area contributed by atoms with E-state index in [0.717, 1.165) is 4.47 Å². The summed E-state index contributed by atoms with van der Waals surface area (Å²) >= 11 is 14.9. The number of halogens is 4. The Labute approximate surface area is 128 Å². The van der Waals surface area contributed by atoms with Gasteiger partial charge >= 0.3 is 0 Å². The topological polar surface area (TPSA) is 17.1 Å². The van der Waals surface area contributed by atoms with Gasteiger partial charge in [-0.05, 0) is 35.9 Å². The van der Waals surface area contributed by atoms with Gasteiger partial charge in [0.15, 0.2) is 5.78 Å². The largest absolute Gasteiger partial charge is 0.294 e. The second-order valence-corrected chi connectivity index (χ2v) is 5.72. The molecule has 0 saturated carbocycles. The predicted octanol–water partition coefficient (Wildman–Crippen LogP) is 5.32. The minimum atomic E-state index is -0.492. The number of carbonyl (C=O) groups excluding carboxylic acids is 1. The summed E-state index contributed by atoms with van der Waals surface area (Å²) < 4.78 is 14.4. The number of carbonyl (C=O) groups is 1. The molecule has 0 aromatic heterocycles. The number of benzene rings is 2. The van der Waals surface area contributed by atoms with Crippen molar-refractivity contribution in [1.29, 1.82) is 0 Å². The van der Waals surface area contributed by atoms with Crippen LogP contribution >= 0.6 is 39.1 Å². The lowest BCUT2D eigenvalue weighted by molar-refractivity contribution is 0.0992. The molecule has 0 aliphatic rings. The first-order valence-corrected chi connectivity index (χ1v) is 6.94. The average Bonchev–Trinajstić information content (AvgIpc) is 2.32. The summed E-state index contributed by atoms with van der Waals surface area (Å²) in [6, 6.07) is 9.21. The molecule has 0 saturated heterocycles. The number of Topliss-reactive ketones (excluding diaryl/α,β-unsaturated/α-hetero) is 1. The number of rotatable bonds is 3. The van der Waals surface area contributed by atoms with Crippen molar-refractivity contribution in [1.82, 2.24) is 0 Å². The monoisotopic (exact) mass is 360 g/mol. The van der Waals surface area contributed by atoms with Crippen molar-refractivity contribution in [3.63, 3.8) is 0 Å². The van der Waals surface area contributed by atoms with Crippen molar-refractivity contribution in [3.05, 3.63) is 67.9 Å². The third-order valence-corrected chi connectivity index (χ3v) is 3.64. The predicted molar refractivity (Wildman–Crippen MR) is 78.6 cm³/mol. The third-order valence-electron chi connectivity index (χ3n) is 2.60. The maximum absolute atomic E-state index is 13.6. The molecule has 0 unspecified atom stereocenters. The highest BCUT2D eigenvalue weighted by Gasteiger charge is 2.14. The van der Waals surface area contributed by atoms with Crippen LogP contribution in [-0.4, -0.2) is 5.78 Å². The molecule has 0 amide bonds. The van der Waals surface area contributed by atoms with E-state index in [1.165, 1.54) is 12.1 Å². The molecule has 19 heavy (non-hydrogen) atoms. The Kier molecular flexibility index (Phi) is 4.61. The van der Waals surface area contributed by atoms with Crippen LogP contribution in [0.5, 0.6) is 0 Å². The van der Waals surface area contributed by atoms with Crippen LogP contribution in [0.3, 0.4) is 0 Å². The van der Waals surface area contributed by atoms with Crippen LogP contribution < -0.4 is 0 Å². The molecule has 98 valence electrons. The highest BCUT2D eigenvalue weighted by Crippen LogP contribution is 2.23. The summed E-state index contributed by atoms with van der Waals surface area (Å²) in [7, 11) is 0. The molecule has 0 heterocycles. The van der Waals surface area contributed by atoms with Crippen molar-refractivity contribution < 1.29 is 9.18 Å². The van der Waals surface area contributed by atoms with Gasteiger partial charge in [-0.3, -0.25) is 4.79 Å². The van der Waals surface area contributed by atoms with Crippen molar-refractivity contribution in [2.24, 2.45) is 0 Å². The van der Waals surface area contributed by atoms with Gasteiger partial charge in [-0.2, -0.15) is 0 Å². The van der Waals surface area contributed by atoms with Gasteiger partial charge in [-0.25, -0.2) is 4.39 Å². The first-order chi connectivity index (χ1) is 8.97. The summed E-state index contributed by atoms with van der Waals surface area (Å²) in [4.78, 5) is 12.1. The summed E-state index contributed by atoms with van der Waals surface area (Å²) in [5.74, 6) is -0.729. The molecule has 1 nitrogen and oxygen atoms in total. The fourth-order valence-corrected chi connectivity index (χ4v) is 2.59. The van der Waals surface area contributed by atoms with Gasteiger partial charge in [0.25, 0.3) is 0 Å². The SMILES string of the molecule is O=C(Cc1ccc(Cl)cc1F)c1ccc(Br)cc1Cl. The molecule has 5 heteroatoms. The molecule has 0 aliphatic heterocycles. The third kappa shape index (κ3) is 3.56. The zero-order chi connectivity index (χ0) is 14.0. The molecule has 2 aromatic carbocycles. The van der Waals surface area contributed by atoms with Gasteiger partial charge in [0.1, 0.15) is 5.82 Å². The van der Waals surface area contributed by atoms with Gasteiger partial charge in [0.05, 0.1) is 5.02 Å². The normalized spacial score (nSPS) is 10.5. The zero-order valence-corrected chi connectivity index (χ0v) is 12.7. The van der Waals surface area contributed by atoms with Gasteiger partial charge in [0, 0.05) is 21.5 Å². The van der Waals surface area contributed by atoms with Crippen molar-refractivity contribution >= 4 is 44.9 Å². The lowest BCUT2D eigenvalue weighted by Crippen LogP contribution is -2.06. The highest BCUT2D eigenvalue weighted by molar-refractivity contribution is 9.10. The Balaban J connectivity index is 2.25. The second kappa shape index (κ2) is 6.04. The molecule has 0 bridgehead atoms. The minimum absolute atomic E-state index is 0.0512. The smallest absolute Gasteiger partial charge is 0.168 e. The molecule has 0 N–H and O–H groups in total. The van der Waals surface area contributed by atoms with Crippen LogP contribution in [0.4, 0.5) is 4.39 Å². The van der Waals surface area contributed by atoms with E-state index in [2.05, 4.69) is 15.9 Å². The molecule has 0 spiro atoms. The Morgan fingerprint density at radius 3 is 2.53 bits per heavy atom. The van der Waals surface area contributed by atoms with E-state index in [-0.39, 0.29) is 12.2 Å². The van der Waals surface area contributed by atoms with Gasteiger partial charge < -0.3 is 0 Å². The first-order valence-electron chi connectivity index (χ1n) is 5.39. The molecular formula is C14H8BrCl2FO. The van der Waals surface area contributed by atoms with E-state index in [0.29, 0.717) is 21.2 Å². The van der Waals surface area contributed by atoms with Crippen LogP contribution in [0.1, 0.15) is 15.9 Å². The zero-order valence-electron chi connectivity index (χ0n) is 9.59. The van der Waals surface area contributed by atoms with E-state index in [1.807, 2.05) is 0 Å². The summed E-state index contributed by atoms with van der Waals surface area (Å²) in [5.41, 5.74) is 0.674. The molecular weight excluding hydrogens is 354 g/mol. The van der Waals surface area contributed by atoms with E-state index < -0.39 is 5.82 Å². The number of hydrogen-bond donors (Lipinski definition) is 0. The summed E-state index contributed by atoms with van der Waals surface area (Å²) in [5, 5.41) is 0.643. The lowest BCUT2D eigenvalue weighted by Gasteiger charge is -2.05. The standard InChI is InChI=1S/C14H8BrCl2FO/c15-9-2-4-11(12(17)6-9)14(19)5-8-1-3-10(16)7-13(8)18/h1-4,6-7H,5H2. The summed E-state index contributed by atoms with van der Waals surface area (Å²) in [6.45, 7) is 0. The molecule has 0 radical (unpaired) electrons.